The highest BCUT2D eigenvalue weighted by molar-refractivity contribution is 5.49. The Labute approximate surface area is 117 Å². The number of benzene rings is 1. The van der Waals surface area contributed by atoms with Gasteiger partial charge in [0.15, 0.2) is 0 Å². The molecule has 19 heavy (non-hydrogen) atoms. The van der Waals surface area contributed by atoms with Crippen molar-refractivity contribution in [2.24, 2.45) is 11.3 Å². The van der Waals surface area contributed by atoms with E-state index in [4.69, 9.17) is 4.74 Å². The van der Waals surface area contributed by atoms with Gasteiger partial charge in [-0.05, 0) is 55.2 Å². The second-order valence-electron chi connectivity index (χ2n) is 7.18. The Hall–Kier alpha value is -1.24. The van der Waals surface area contributed by atoms with Crippen molar-refractivity contribution in [2.75, 3.05) is 0 Å². The van der Waals surface area contributed by atoms with Gasteiger partial charge in [-0.1, -0.05) is 45.6 Å². The van der Waals surface area contributed by atoms with Gasteiger partial charge >= 0.3 is 0 Å². The van der Waals surface area contributed by atoms with E-state index in [-0.39, 0.29) is 5.60 Å². The van der Waals surface area contributed by atoms with Gasteiger partial charge in [-0.25, -0.2) is 0 Å². The van der Waals surface area contributed by atoms with Crippen molar-refractivity contribution in [2.45, 2.75) is 52.6 Å². The lowest BCUT2D eigenvalue weighted by Gasteiger charge is -2.45. The Morgan fingerprint density at radius 3 is 2.63 bits per heavy atom. The highest BCUT2D eigenvalue weighted by atomic mass is 16.5. The van der Waals surface area contributed by atoms with Crippen molar-refractivity contribution in [3.63, 3.8) is 0 Å². The van der Waals surface area contributed by atoms with Crippen LogP contribution in [-0.4, -0.2) is 5.60 Å². The first-order chi connectivity index (χ1) is 8.82. The zero-order valence-corrected chi connectivity index (χ0v) is 12.7. The van der Waals surface area contributed by atoms with E-state index in [1.54, 1.807) is 0 Å². The molecule has 1 aliphatic rings. The molecule has 1 fully saturated rings. The molecule has 0 radical (unpaired) electrons. The van der Waals surface area contributed by atoms with Crippen LogP contribution in [0.1, 0.15) is 52.5 Å². The lowest BCUT2D eigenvalue weighted by atomic mass is 9.66. The SMILES string of the molecule is C=Cc1cccc(OC2(C)CC(C)CC(C)(C)C2)c1. The molecule has 2 rings (SSSR count). The minimum Gasteiger partial charge on any atom is -0.488 e. The first-order valence-corrected chi connectivity index (χ1v) is 7.23. The smallest absolute Gasteiger partial charge is 0.120 e. The van der Waals surface area contributed by atoms with Crippen LogP contribution in [0.4, 0.5) is 0 Å². The lowest BCUT2D eigenvalue weighted by Crippen LogP contribution is -2.44. The summed E-state index contributed by atoms with van der Waals surface area (Å²) >= 11 is 0. The summed E-state index contributed by atoms with van der Waals surface area (Å²) in [5, 5.41) is 0. The van der Waals surface area contributed by atoms with Crippen LogP contribution in [0.5, 0.6) is 5.75 Å². The van der Waals surface area contributed by atoms with Crippen molar-refractivity contribution in [3.8, 4) is 5.75 Å². The molecular formula is C18H26O. The van der Waals surface area contributed by atoms with Crippen LogP contribution in [0.25, 0.3) is 6.08 Å². The number of hydrogen-bond donors (Lipinski definition) is 0. The largest absolute Gasteiger partial charge is 0.488 e. The zero-order chi connectivity index (χ0) is 14.1. The standard InChI is InChI=1S/C18H26O/c1-6-15-8-7-9-16(10-15)19-18(5)12-14(2)11-17(3,4)13-18/h6-10,14H,1,11-13H2,2-5H3. The first-order valence-electron chi connectivity index (χ1n) is 7.23. The molecule has 0 bridgehead atoms. The van der Waals surface area contributed by atoms with E-state index < -0.39 is 0 Å². The quantitative estimate of drug-likeness (QED) is 0.713. The van der Waals surface area contributed by atoms with Crippen molar-refractivity contribution in [3.05, 3.63) is 36.4 Å². The summed E-state index contributed by atoms with van der Waals surface area (Å²) in [6, 6.07) is 8.21. The fourth-order valence-electron chi connectivity index (χ4n) is 3.98. The van der Waals surface area contributed by atoms with E-state index in [2.05, 4.69) is 46.4 Å². The van der Waals surface area contributed by atoms with Gasteiger partial charge in [0.2, 0.25) is 0 Å². The number of ether oxygens (including phenoxy) is 1. The van der Waals surface area contributed by atoms with Gasteiger partial charge in [0, 0.05) is 0 Å². The molecule has 1 aromatic rings. The van der Waals surface area contributed by atoms with Crippen molar-refractivity contribution >= 4 is 6.08 Å². The molecule has 0 spiro atoms. The maximum Gasteiger partial charge on any atom is 0.120 e. The van der Waals surface area contributed by atoms with Gasteiger partial charge in [-0.15, -0.1) is 0 Å². The zero-order valence-electron chi connectivity index (χ0n) is 12.7. The maximum atomic E-state index is 6.34. The fraction of sp³-hybridized carbons (Fsp3) is 0.556. The van der Waals surface area contributed by atoms with Gasteiger partial charge in [-0.2, -0.15) is 0 Å². The normalized spacial score (nSPS) is 29.8. The summed E-state index contributed by atoms with van der Waals surface area (Å²) < 4.78 is 6.34. The third-order valence-corrected chi connectivity index (χ3v) is 3.99. The minimum absolute atomic E-state index is 0.0546. The predicted molar refractivity (Wildman–Crippen MR) is 82.4 cm³/mol. The average Bonchev–Trinajstić information content (AvgIpc) is 2.25. The molecule has 1 aromatic carbocycles. The Bertz CT molecular complexity index is 461. The highest BCUT2D eigenvalue weighted by Gasteiger charge is 2.41. The summed E-state index contributed by atoms with van der Waals surface area (Å²) in [6.07, 6.45) is 5.40. The number of rotatable bonds is 3. The van der Waals surface area contributed by atoms with Crippen LogP contribution in [0.2, 0.25) is 0 Å². The van der Waals surface area contributed by atoms with Crippen LogP contribution < -0.4 is 4.74 Å². The molecule has 2 atom stereocenters. The third kappa shape index (κ3) is 3.62. The number of hydrogen-bond acceptors (Lipinski definition) is 1. The molecule has 2 unspecified atom stereocenters. The third-order valence-electron chi connectivity index (χ3n) is 3.99. The van der Waals surface area contributed by atoms with E-state index in [1.165, 1.54) is 6.42 Å². The van der Waals surface area contributed by atoms with Crippen LogP contribution in [-0.2, 0) is 0 Å². The molecule has 0 aromatic heterocycles. The molecular weight excluding hydrogens is 232 g/mol. The van der Waals surface area contributed by atoms with E-state index >= 15 is 0 Å². The van der Waals surface area contributed by atoms with Crippen molar-refractivity contribution in [1.29, 1.82) is 0 Å². The second-order valence-corrected chi connectivity index (χ2v) is 7.18. The fourth-order valence-corrected chi connectivity index (χ4v) is 3.98. The van der Waals surface area contributed by atoms with E-state index in [9.17, 15) is 0 Å². The van der Waals surface area contributed by atoms with Crippen molar-refractivity contribution < 1.29 is 4.74 Å². The van der Waals surface area contributed by atoms with Gasteiger partial charge < -0.3 is 4.74 Å². The summed E-state index contributed by atoms with van der Waals surface area (Å²) in [6.45, 7) is 13.1. The molecule has 0 N–H and O–H groups in total. The van der Waals surface area contributed by atoms with Gasteiger partial charge in [0.25, 0.3) is 0 Å². The predicted octanol–water partition coefficient (Wildman–Crippen LogP) is 5.31. The molecule has 104 valence electrons. The summed E-state index contributed by atoms with van der Waals surface area (Å²) in [7, 11) is 0. The lowest BCUT2D eigenvalue weighted by molar-refractivity contribution is -0.0234. The van der Waals surface area contributed by atoms with E-state index in [0.29, 0.717) is 5.41 Å². The topological polar surface area (TPSA) is 9.23 Å². The molecule has 0 amide bonds. The molecule has 0 heterocycles. The Kier molecular flexibility index (Phi) is 3.75. The Balaban J connectivity index is 2.18. The minimum atomic E-state index is -0.0546. The Morgan fingerprint density at radius 2 is 2.00 bits per heavy atom. The maximum absolute atomic E-state index is 6.34. The van der Waals surface area contributed by atoms with Crippen LogP contribution in [0, 0.1) is 11.3 Å². The molecule has 1 saturated carbocycles. The van der Waals surface area contributed by atoms with E-state index in [1.807, 2.05) is 18.2 Å². The van der Waals surface area contributed by atoms with Crippen LogP contribution >= 0.6 is 0 Å². The van der Waals surface area contributed by atoms with E-state index in [0.717, 1.165) is 30.1 Å². The van der Waals surface area contributed by atoms with Crippen molar-refractivity contribution in [1.82, 2.24) is 0 Å². The molecule has 1 nitrogen and oxygen atoms in total. The molecule has 0 saturated heterocycles. The second kappa shape index (κ2) is 5.03. The summed E-state index contributed by atoms with van der Waals surface area (Å²) in [5.74, 6) is 1.68. The molecule has 1 heteroatoms. The monoisotopic (exact) mass is 258 g/mol. The van der Waals surface area contributed by atoms with Crippen LogP contribution in [0.15, 0.2) is 30.8 Å². The average molecular weight is 258 g/mol. The first kappa shape index (κ1) is 14.2. The van der Waals surface area contributed by atoms with Gasteiger partial charge in [0.05, 0.1) is 0 Å². The Morgan fingerprint density at radius 1 is 1.26 bits per heavy atom. The molecule has 1 aliphatic carbocycles. The summed E-state index contributed by atoms with van der Waals surface area (Å²) in [5.41, 5.74) is 1.42. The van der Waals surface area contributed by atoms with Gasteiger partial charge in [0.1, 0.15) is 11.4 Å². The highest BCUT2D eigenvalue weighted by Crippen LogP contribution is 2.45. The van der Waals surface area contributed by atoms with Crippen LogP contribution in [0.3, 0.4) is 0 Å². The van der Waals surface area contributed by atoms with Gasteiger partial charge in [-0.3, -0.25) is 0 Å². The summed E-state index contributed by atoms with van der Waals surface area (Å²) in [4.78, 5) is 0. The molecule has 0 aliphatic heterocycles.